The van der Waals surface area contributed by atoms with Gasteiger partial charge in [0.15, 0.2) is 0 Å². The molecule has 65 valence electrons. The van der Waals surface area contributed by atoms with Crippen molar-refractivity contribution in [2.75, 3.05) is 0 Å². The second-order valence-electron chi connectivity index (χ2n) is 2.21. The SMILES string of the molecule is c1cc[c]([Cu][c]2cccs2)cc1. The molecule has 0 spiro atoms. The molecular formula is C10H8CuS. The summed E-state index contributed by atoms with van der Waals surface area (Å²) in [5.74, 6) is 0. The average molecular weight is 224 g/mol. The zero-order valence-electron chi connectivity index (χ0n) is 6.33. The van der Waals surface area contributed by atoms with Crippen LogP contribution in [0.3, 0.4) is 0 Å². The Labute approximate surface area is 82.4 Å². The first kappa shape index (κ1) is 8.06. The first-order valence-corrected chi connectivity index (χ1v) is 5.43. The van der Waals surface area contributed by atoms with E-state index in [1.807, 2.05) is 21.0 Å². The molecule has 1 heterocycles. The molecule has 0 amide bonds. The van der Waals surface area contributed by atoms with Crippen LogP contribution in [-0.2, 0) is 15.0 Å². The zero-order chi connectivity index (χ0) is 8.23. The molecule has 0 nitrogen and oxygen atoms in total. The van der Waals surface area contributed by atoms with Crippen LogP contribution in [0.2, 0.25) is 0 Å². The van der Waals surface area contributed by atoms with E-state index in [4.69, 9.17) is 0 Å². The van der Waals surface area contributed by atoms with Crippen molar-refractivity contribution >= 4 is 19.6 Å². The third kappa shape index (κ3) is 1.98. The molecule has 0 radical (unpaired) electrons. The van der Waals surface area contributed by atoms with Gasteiger partial charge < -0.3 is 0 Å². The van der Waals surface area contributed by atoms with Crippen molar-refractivity contribution in [2.45, 2.75) is 0 Å². The zero-order valence-corrected chi connectivity index (χ0v) is 8.09. The maximum atomic E-state index is 2.14. The Bertz CT molecular complexity index is 326. The Morgan fingerprint density at radius 3 is 2.42 bits per heavy atom. The number of rotatable bonds is 2. The molecule has 1 aromatic carbocycles. The van der Waals surface area contributed by atoms with Crippen molar-refractivity contribution in [3.8, 4) is 0 Å². The van der Waals surface area contributed by atoms with E-state index in [-0.39, 0.29) is 0 Å². The summed E-state index contributed by atoms with van der Waals surface area (Å²) >= 11 is 3.68. The Kier molecular flexibility index (Phi) is 2.62. The van der Waals surface area contributed by atoms with Crippen LogP contribution < -0.4 is 8.24 Å². The molecule has 0 bridgehead atoms. The Balaban J connectivity index is 2.15. The van der Waals surface area contributed by atoms with Gasteiger partial charge >= 0.3 is 82.4 Å². The predicted molar refractivity (Wildman–Crippen MR) is 50.0 cm³/mol. The van der Waals surface area contributed by atoms with E-state index in [0.717, 1.165) is 0 Å². The van der Waals surface area contributed by atoms with Crippen LogP contribution in [-0.4, -0.2) is 0 Å². The van der Waals surface area contributed by atoms with Crippen molar-refractivity contribution in [1.29, 1.82) is 0 Å². The summed E-state index contributed by atoms with van der Waals surface area (Å²) in [5.41, 5.74) is 0. The molecule has 0 saturated carbocycles. The predicted octanol–water partition coefficient (Wildman–Crippen LogP) is 1.78. The fraction of sp³-hybridized carbons (Fsp3) is 0. The van der Waals surface area contributed by atoms with Crippen molar-refractivity contribution in [1.82, 2.24) is 0 Å². The minimum atomic E-state index is 1.30. The third-order valence-corrected chi connectivity index (χ3v) is 3.53. The number of hydrogen-bond donors (Lipinski definition) is 0. The molecule has 0 atom stereocenters. The number of hydrogen-bond acceptors (Lipinski definition) is 1. The molecule has 2 rings (SSSR count). The van der Waals surface area contributed by atoms with E-state index in [1.165, 1.54) is 8.24 Å². The van der Waals surface area contributed by atoms with Gasteiger partial charge in [0, 0.05) is 0 Å². The summed E-state index contributed by atoms with van der Waals surface area (Å²) in [6.45, 7) is 0. The van der Waals surface area contributed by atoms with Gasteiger partial charge in [-0.2, -0.15) is 0 Å². The second kappa shape index (κ2) is 3.90. The van der Waals surface area contributed by atoms with E-state index in [2.05, 4.69) is 41.8 Å². The maximum absolute atomic E-state index is 2.14. The Hall–Kier alpha value is -0.561. The summed E-state index contributed by atoms with van der Waals surface area (Å²) in [7, 11) is 0. The van der Waals surface area contributed by atoms with Crippen molar-refractivity contribution < 1.29 is 15.0 Å². The minimum absolute atomic E-state index is 1.30. The molecule has 0 aliphatic heterocycles. The molecule has 0 unspecified atom stereocenters. The Morgan fingerprint density at radius 1 is 0.917 bits per heavy atom. The molecule has 0 fully saturated rings. The molecule has 0 saturated heterocycles. The van der Waals surface area contributed by atoms with Gasteiger partial charge in [0.05, 0.1) is 0 Å². The summed E-state index contributed by atoms with van der Waals surface area (Å²) in [6, 6.07) is 14.6. The fourth-order valence-electron chi connectivity index (χ4n) is 0.825. The van der Waals surface area contributed by atoms with Gasteiger partial charge in [-0.3, -0.25) is 0 Å². The first-order valence-electron chi connectivity index (χ1n) is 3.61. The van der Waals surface area contributed by atoms with Gasteiger partial charge in [-0.05, 0) is 0 Å². The Morgan fingerprint density at radius 2 is 1.75 bits per heavy atom. The monoisotopic (exact) mass is 223 g/mol. The van der Waals surface area contributed by atoms with E-state index in [0.29, 0.717) is 0 Å². The summed E-state index contributed by atoms with van der Waals surface area (Å²) in [4.78, 5) is 0. The van der Waals surface area contributed by atoms with E-state index in [1.54, 1.807) is 11.3 Å². The molecule has 2 aromatic rings. The van der Waals surface area contributed by atoms with Gasteiger partial charge in [-0.15, -0.1) is 0 Å². The van der Waals surface area contributed by atoms with Crippen molar-refractivity contribution in [2.24, 2.45) is 0 Å². The molecule has 12 heavy (non-hydrogen) atoms. The van der Waals surface area contributed by atoms with E-state index >= 15 is 0 Å². The van der Waals surface area contributed by atoms with Crippen LogP contribution in [0.5, 0.6) is 0 Å². The molecule has 0 N–H and O–H groups in total. The van der Waals surface area contributed by atoms with Crippen LogP contribution in [0.25, 0.3) is 0 Å². The van der Waals surface area contributed by atoms with Crippen LogP contribution in [0.15, 0.2) is 47.8 Å². The third-order valence-electron chi connectivity index (χ3n) is 1.33. The molecular weight excluding hydrogens is 216 g/mol. The fourth-order valence-corrected chi connectivity index (χ4v) is 2.72. The standard InChI is InChI=1S/C6H5.C4H3S.Cu/c1-2-4-6-5-3-1;1-2-4-5-3-1;/h1-5H;1-3H;. The van der Waals surface area contributed by atoms with Gasteiger partial charge in [0.25, 0.3) is 0 Å². The van der Waals surface area contributed by atoms with Crippen molar-refractivity contribution in [3.63, 3.8) is 0 Å². The van der Waals surface area contributed by atoms with Crippen LogP contribution in [0.1, 0.15) is 0 Å². The van der Waals surface area contributed by atoms with Gasteiger partial charge in [-0.25, -0.2) is 0 Å². The van der Waals surface area contributed by atoms with Gasteiger partial charge in [-0.1, -0.05) is 0 Å². The first-order chi connectivity index (χ1) is 5.95. The summed E-state index contributed by atoms with van der Waals surface area (Å²) in [6.07, 6.45) is 0. The molecule has 0 aliphatic rings. The average Bonchev–Trinajstić information content (AvgIpc) is 2.59. The van der Waals surface area contributed by atoms with Crippen LogP contribution in [0, 0.1) is 0 Å². The summed E-state index contributed by atoms with van der Waals surface area (Å²) in [5, 5.41) is 2.10. The van der Waals surface area contributed by atoms with E-state index in [9.17, 15) is 0 Å². The van der Waals surface area contributed by atoms with Crippen LogP contribution >= 0.6 is 11.3 Å². The quantitative estimate of drug-likeness (QED) is 0.681. The van der Waals surface area contributed by atoms with Gasteiger partial charge in [0.2, 0.25) is 0 Å². The topological polar surface area (TPSA) is 0 Å². The second-order valence-corrected chi connectivity index (χ2v) is 4.70. The van der Waals surface area contributed by atoms with Crippen molar-refractivity contribution in [3.05, 3.63) is 47.8 Å². The normalized spacial score (nSPS) is 10.3. The van der Waals surface area contributed by atoms with E-state index < -0.39 is 0 Å². The molecule has 1 aromatic heterocycles. The molecule has 2 heteroatoms. The number of benzene rings is 1. The van der Waals surface area contributed by atoms with Gasteiger partial charge in [0.1, 0.15) is 0 Å². The van der Waals surface area contributed by atoms with Crippen LogP contribution in [0.4, 0.5) is 0 Å². The summed E-state index contributed by atoms with van der Waals surface area (Å²) < 4.78 is 2.63. The molecule has 0 aliphatic carbocycles. The number of thiophene rings is 1.